The van der Waals surface area contributed by atoms with Crippen molar-refractivity contribution in [1.29, 1.82) is 0 Å². The van der Waals surface area contributed by atoms with Crippen molar-refractivity contribution in [3.8, 4) is 0 Å². The lowest BCUT2D eigenvalue weighted by Gasteiger charge is -2.39. The fourth-order valence-corrected chi connectivity index (χ4v) is 7.81. The average molecular weight is 867 g/mol. The number of nitrogens with zero attached hydrogens (tertiary/aromatic N) is 6. The molecular formula is C43H79N8O8P. The number of likely N-dealkylation sites (tertiary alicyclic amines) is 1. The topological polar surface area (TPSA) is 194 Å². The highest BCUT2D eigenvalue weighted by molar-refractivity contribution is 7.45. The molecule has 6 unspecified atom stereocenters. The van der Waals surface area contributed by atoms with Gasteiger partial charge in [-0.15, -0.1) is 0 Å². The van der Waals surface area contributed by atoms with Gasteiger partial charge in [-0.3, -0.25) is 19.2 Å². The number of carbonyl (C=O) groups is 4. The lowest BCUT2D eigenvalue weighted by atomic mass is 9.90. The van der Waals surface area contributed by atoms with E-state index in [1.165, 1.54) is 19.1 Å². The van der Waals surface area contributed by atoms with Crippen LogP contribution in [0.3, 0.4) is 0 Å². The van der Waals surface area contributed by atoms with E-state index in [-0.39, 0.29) is 54.8 Å². The predicted molar refractivity (Wildman–Crippen MR) is 240 cm³/mol. The normalized spacial score (nSPS) is 17.9. The fraction of sp³-hybridized carbons (Fsp3) is 0.744. The van der Waals surface area contributed by atoms with Crippen LogP contribution in [0, 0.1) is 18.8 Å². The fourth-order valence-electron chi connectivity index (χ4n) is 7.51. The summed E-state index contributed by atoms with van der Waals surface area (Å²) >= 11 is 0. The summed E-state index contributed by atoms with van der Waals surface area (Å²) in [6, 6.07) is 9.51. The zero-order valence-corrected chi connectivity index (χ0v) is 39.4. The number of benzene rings is 1. The summed E-state index contributed by atoms with van der Waals surface area (Å²) in [6.45, 7) is 15.4. The van der Waals surface area contributed by atoms with Gasteiger partial charge < -0.3 is 54.8 Å². The van der Waals surface area contributed by atoms with Crippen molar-refractivity contribution in [2.45, 2.75) is 111 Å². The van der Waals surface area contributed by atoms with Crippen LogP contribution in [0.1, 0.15) is 85.1 Å². The van der Waals surface area contributed by atoms with Gasteiger partial charge in [0.25, 0.3) is 0 Å². The zero-order chi connectivity index (χ0) is 45.4. The number of nitrogens with two attached hydrogens (primary N) is 1. The summed E-state index contributed by atoms with van der Waals surface area (Å²) in [4.78, 5) is 85.2. The molecule has 4 amide bonds. The number of hydrogen-bond donors (Lipinski definition) is 4. The molecule has 2 aliphatic heterocycles. The minimum Gasteiger partial charge on any atom is -0.379 e. The third-order valence-corrected chi connectivity index (χ3v) is 11.3. The predicted octanol–water partition coefficient (Wildman–Crippen LogP) is 3.49. The van der Waals surface area contributed by atoms with Crippen LogP contribution in [-0.2, 0) is 28.7 Å². The molecule has 17 heteroatoms. The number of guanidine groups is 1. The Morgan fingerprint density at radius 3 is 2.03 bits per heavy atom. The second kappa shape index (κ2) is 29.8. The molecule has 1 aromatic rings. The number of methoxy groups -OCH3 is 2. The number of amides is 4. The second-order valence-corrected chi connectivity index (χ2v) is 16.9. The van der Waals surface area contributed by atoms with Crippen LogP contribution in [0.15, 0.2) is 35.3 Å². The molecule has 0 aromatic heterocycles. The van der Waals surface area contributed by atoms with Gasteiger partial charge in [0.15, 0.2) is 14.3 Å². The minimum atomic E-state index is -2.27. The first-order chi connectivity index (χ1) is 28.5. The SMILES string of the molecule is CCC.CCC(C)C(C(CC(=O)N1CCCC1C(OC)C(C)C(=O)NCP(O)O)OC)N(C)C(=O)CN=C(N(C)C)N1CCN(C(=O)CCCN)CC1.Cc1ccccc1. The summed E-state index contributed by atoms with van der Waals surface area (Å²) in [5.74, 6) is -0.577. The summed E-state index contributed by atoms with van der Waals surface area (Å²) < 4.78 is 11.7. The Morgan fingerprint density at radius 1 is 0.950 bits per heavy atom. The molecule has 0 spiro atoms. The maximum atomic E-state index is 13.9. The van der Waals surface area contributed by atoms with Gasteiger partial charge in [0.1, 0.15) is 6.54 Å². The van der Waals surface area contributed by atoms with E-state index in [4.69, 9.17) is 20.2 Å². The monoisotopic (exact) mass is 867 g/mol. The van der Waals surface area contributed by atoms with Crippen LogP contribution in [0.25, 0.3) is 0 Å². The van der Waals surface area contributed by atoms with E-state index in [0.717, 1.165) is 12.8 Å². The Hall–Kier alpha value is -3.40. The highest BCUT2D eigenvalue weighted by Gasteiger charge is 2.42. The maximum absolute atomic E-state index is 13.9. The molecule has 0 radical (unpaired) electrons. The third-order valence-electron chi connectivity index (χ3n) is 10.9. The minimum absolute atomic E-state index is 0.0113. The van der Waals surface area contributed by atoms with Crippen LogP contribution in [0.4, 0.5) is 0 Å². The Morgan fingerprint density at radius 2 is 1.55 bits per heavy atom. The number of aliphatic imine (C=N–C) groups is 1. The molecule has 5 N–H and O–H groups in total. The Balaban J connectivity index is 0.00000158. The highest BCUT2D eigenvalue weighted by Crippen LogP contribution is 2.30. The molecule has 344 valence electrons. The average Bonchev–Trinajstić information content (AvgIpc) is 3.72. The van der Waals surface area contributed by atoms with Crippen molar-refractivity contribution in [2.24, 2.45) is 22.6 Å². The third kappa shape index (κ3) is 18.3. The summed E-state index contributed by atoms with van der Waals surface area (Å²) in [5.41, 5.74) is 6.89. The number of piperazine rings is 1. The largest absolute Gasteiger partial charge is 0.379 e. The van der Waals surface area contributed by atoms with Gasteiger partial charge in [-0.25, -0.2) is 4.99 Å². The van der Waals surface area contributed by atoms with E-state index in [9.17, 15) is 29.0 Å². The first-order valence-corrected chi connectivity index (χ1v) is 23.0. The van der Waals surface area contributed by atoms with E-state index in [1.54, 1.807) is 30.9 Å². The Labute approximate surface area is 362 Å². The summed E-state index contributed by atoms with van der Waals surface area (Å²) in [5, 5.41) is 2.53. The van der Waals surface area contributed by atoms with E-state index in [2.05, 4.69) is 43.1 Å². The van der Waals surface area contributed by atoms with Gasteiger partial charge in [-0.1, -0.05) is 83.4 Å². The highest BCUT2D eigenvalue weighted by atomic mass is 31.2. The number of carbonyl (C=O) groups excluding carboxylic acids is 4. The first-order valence-electron chi connectivity index (χ1n) is 21.5. The lowest BCUT2D eigenvalue weighted by molar-refractivity contribution is -0.145. The Bertz CT molecular complexity index is 1420. The molecular weight excluding hydrogens is 787 g/mol. The molecule has 2 aliphatic rings. The molecule has 16 nitrogen and oxygen atoms in total. The van der Waals surface area contributed by atoms with Crippen LogP contribution in [-0.4, -0.2) is 176 Å². The molecule has 2 heterocycles. The smallest absolute Gasteiger partial charge is 0.244 e. The van der Waals surface area contributed by atoms with E-state index in [0.29, 0.717) is 64.5 Å². The lowest BCUT2D eigenvalue weighted by Crippen LogP contribution is -2.54. The number of nitrogens with one attached hydrogen (secondary N) is 1. The van der Waals surface area contributed by atoms with Crippen molar-refractivity contribution in [3.05, 3.63) is 35.9 Å². The van der Waals surface area contributed by atoms with E-state index in [1.807, 2.05) is 55.9 Å². The Kier molecular flexibility index (Phi) is 27.1. The van der Waals surface area contributed by atoms with Gasteiger partial charge in [0, 0.05) is 74.5 Å². The van der Waals surface area contributed by atoms with Gasteiger partial charge >= 0.3 is 0 Å². The number of aryl methyl sites for hydroxylation is 1. The molecule has 6 atom stereocenters. The van der Waals surface area contributed by atoms with Gasteiger partial charge in [-0.2, -0.15) is 0 Å². The molecule has 2 saturated heterocycles. The van der Waals surface area contributed by atoms with Crippen molar-refractivity contribution >= 4 is 38.0 Å². The van der Waals surface area contributed by atoms with Crippen molar-refractivity contribution in [2.75, 3.05) is 87.5 Å². The summed E-state index contributed by atoms with van der Waals surface area (Å²) in [7, 11) is 6.29. The quantitative estimate of drug-likeness (QED) is 0.0960. The number of likely N-dealkylation sites (N-methyl/N-ethyl adjacent to an activating group) is 1. The van der Waals surface area contributed by atoms with Gasteiger partial charge in [0.05, 0.1) is 42.9 Å². The molecule has 60 heavy (non-hydrogen) atoms. The van der Waals surface area contributed by atoms with Gasteiger partial charge in [0.2, 0.25) is 23.6 Å². The van der Waals surface area contributed by atoms with Crippen molar-refractivity contribution in [3.63, 3.8) is 0 Å². The molecule has 0 bridgehead atoms. The van der Waals surface area contributed by atoms with E-state index >= 15 is 0 Å². The number of hydrogen-bond acceptors (Lipinski definition) is 10. The number of ether oxygens (including phenoxy) is 2. The van der Waals surface area contributed by atoms with Gasteiger partial charge in [-0.05, 0) is 38.6 Å². The van der Waals surface area contributed by atoms with Crippen LogP contribution >= 0.6 is 8.38 Å². The zero-order valence-electron chi connectivity index (χ0n) is 38.5. The number of rotatable bonds is 18. The molecule has 0 aliphatic carbocycles. The standard InChI is InChI=1S/C33H63N8O8P.C7H8.C3H8/c1-9-23(2)30(38(6)29(44)21-35-33(37(4)5)40-18-16-39(17-19-40)27(42)13-10-14-34)26(48-7)20-28(43)41-15-11-12-25(41)31(49-8)24(3)32(45)36-22-50(46)47;1-7-5-3-2-4-6-7;1-3-2/h23-26,30-31,46-47H,9-22,34H2,1-8H3,(H,36,45);2-6H,1H3;3H2,1-2H3. The summed E-state index contributed by atoms with van der Waals surface area (Å²) in [6.07, 6.45) is 3.14. The molecule has 0 saturated carbocycles. The second-order valence-electron chi connectivity index (χ2n) is 15.8. The van der Waals surface area contributed by atoms with Crippen LogP contribution < -0.4 is 11.1 Å². The molecule has 2 fully saturated rings. The maximum Gasteiger partial charge on any atom is 0.244 e. The molecule has 1 aromatic carbocycles. The molecule has 3 rings (SSSR count). The van der Waals surface area contributed by atoms with Crippen LogP contribution in [0.5, 0.6) is 0 Å². The van der Waals surface area contributed by atoms with E-state index < -0.39 is 32.5 Å². The van der Waals surface area contributed by atoms with Crippen molar-refractivity contribution < 1.29 is 38.4 Å². The first kappa shape index (κ1) is 54.6. The van der Waals surface area contributed by atoms with Crippen molar-refractivity contribution in [1.82, 2.24) is 29.8 Å². The van der Waals surface area contributed by atoms with Crippen LogP contribution in [0.2, 0.25) is 0 Å².